The number of hydrogen-bond donors (Lipinski definition) is 2. The van der Waals surface area contributed by atoms with Gasteiger partial charge in [0.05, 0.1) is 0 Å². The number of thiophene rings is 1. The third-order valence-electron chi connectivity index (χ3n) is 3.05. The van der Waals surface area contributed by atoms with E-state index in [-0.39, 0.29) is 11.9 Å². The molecule has 0 spiro atoms. The van der Waals surface area contributed by atoms with Gasteiger partial charge in [-0.15, -0.1) is 11.3 Å². The summed E-state index contributed by atoms with van der Waals surface area (Å²) in [6.45, 7) is 2.02. The summed E-state index contributed by atoms with van der Waals surface area (Å²) in [5.41, 5.74) is 6.62. The van der Waals surface area contributed by atoms with Gasteiger partial charge in [-0.25, -0.2) is 0 Å². The summed E-state index contributed by atoms with van der Waals surface area (Å²) in [5, 5.41) is 5.65. The van der Waals surface area contributed by atoms with E-state index < -0.39 is 0 Å². The molecule has 1 aliphatic carbocycles. The highest BCUT2D eigenvalue weighted by atomic mass is 32.1. The number of amides is 1. The molecule has 0 bridgehead atoms. The first-order chi connectivity index (χ1) is 7.66. The van der Waals surface area contributed by atoms with Gasteiger partial charge in [-0.3, -0.25) is 4.79 Å². The zero-order valence-corrected chi connectivity index (χ0v) is 10.3. The van der Waals surface area contributed by atoms with Gasteiger partial charge < -0.3 is 11.1 Å². The molecule has 0 fully saturated rings. The maximum absolute atomic E-state index is 10.8. The highest BCUT2D eigenvalue weighted by Gasteiger charge is 2.22. The molecule has 3 N–H and O–H groups in total. The lowest BCUT2D eigenvalue weighted by Gasteiger charge is -2.26. The second-order valence-corrected chi connectivity index (χ2v) is 5.48. The van der Waals surface area contributed by atoms with Gasteiger partial charge in [0.15, 0.2) is 0 Å². The van der Waals surface area contributed by atoms with Crippen molar-refractivity contribution in [1.82, 2.24) is 5.32 Å². The maximum atomic E-state index is 10.8. The highest BCUT2D eigenvalue weighted by molar-refractivity contribution is 7.10. The van der Waals surface area contributed by atoms with Gasteiger partial charge in [0.25, 0.3) is 0 Å². The number of carbonyl (C=O) groups excluding carboxylic acids is 1. The molecule has 4 heteroatoms. The molecule has 0 saturated heterocycles. The molecule has 1 amide bonds. The van der Waals surface area contributed by atoms with Gasteiger partial charge >= 0.3 is 0 Å². The minimum Gasteiger partial charge on any atom is -0.370 e. The van der Waals surface area contributed by atoms with Crippen LogP contribution >= 0.6 is 11.3 Å². The van der Waals surface area contributed by atoms with E-state index in [2.05, 4.69) is 16.8 Å². The molecule has 16 heavy (non-hydrogen) atoms. The highest BCUT2D eigenvalue weighted by Crippen LogP contribution is 2.33. The van der Waals surface area contributed by atoms with Crippen LogP contribution < -0.4 is 11.1 Å². The number of nitrogens with one attached hydrogen (secondary N) is 1. The fourth-order valence-corrected chi connectivity index (χ4v) is 3.35. The Labute approximate surface area is 100 Å². The number of primary amides is 1. The minimum atomic E-state index is -0.235. The van der Waals surface area contributed by atoms with Gasteiger partial charge in [0, 0.05) is 23.4 Å². The minimum absolute atomic E-state index is 0.161. The van der Waals surface area contributed by atoms with Crippen molar-refractivity contribution in [3.8, 4) is 0 Å². The van der Waals surface area contributed by atoms with E-state index in [0.717, 1.165) is 6.42 Å². The Morgan fingerprint density at radius 3 is 3.31 bits per heavy atom. The fourth-order valence-electron chi connectivity index (χ4n) is 2.36. The second-order valence-electron chi connectivity index (χ2n) is 4.48. The Balaban J connectivity index is 1.99. The summed E-state index contributed by atoms with van der Waals surface area (Å²) in [6.07, 6.45) is 4.01. The first kappa shape index (κ1) is 11.6. The van der Waals surface area contributed by atoms with E-state index in [1.54, 1.807) is 0 Å². The van der Waals surface area contributed by atoms with Crippen LogP contribution in [-0.2, 0) is 11.2 Å². The molecule has 2 unspecified atom stereocenters. The van der Waals surface area contributed by atoms with Crippen molar-refractivity contribution in [3.05, 3.63) is 21.9 Å². The molecule has 0 saturated carbocycles. The molecule has 2 atom stereocenters. The average Bonchev–Trinajstić information content (AvgIpc) is 2.65. The van der Waals surface area contributed by atoms with E-state index in [4.69, 9.17) is 5.73 Å². The van der Waals surface area contributed by atoms with E-state index in [0.29, 0.717) is 12.5 Å². The van der Waals surface area contributed by atoms with E-state index in [9.17, 15) is 4.79 Å². The Morgan fingerprint density at radius 1 is 1.75 bits per heavy atom. The summed E-state index contributed by atoms with van der Waals surface area (Å²) >= 11 is 1.84. The third-order valence-corrected chi connectivity index (χ3v) is 4.04. The van der Waals surface area contributed by atoms with Crippen molar-refractivity contribution >= 4 is 17.2 Å². The van der Waals surface area contributed by atoms with Gasteiger partial charge in [0.1, 0.15) is 0 Å². The molecular weight excluding hydrogens is 220 g/mol. The smallest absolute Gasteiger partial charge is 0.218 e. The molecule has 1 heterocycles. The topological polar surface area (TPSA) is 55.1 Å². The van der Waals surface area contributed by atoms with Crippen molar-refractivity contribution < 1.29 is 4.79 Å². The van der Waals surface area contributed by atoms with Crippen LogP contribution in [0, 0.1) is 0 Å². The van der Waals surface area contributed by atoms with Crippen molar-refractivity contribution in [2.24, 2.45) is 5.73 Å². The van der Waals surface area contributed by atoms with Gasteiger partial charge in [-0.05, 0) is 43.2 Å². The predicted octanol–water partition coefficient (Wildman–Crippen LogP) is 1.98. The standard InChI is InChI=1S/C12H18N2OS/c1-8(7-12(13)15)14-10-3-2-4-11-9(10)5-6-16-11/h5-6,8,10,14H,2-4,7H2,1H3,(H2,13,15). The number of fused-ring (bicyclic) bond motifs is 1. The molecule has 2 rings (SSSR count). The normalized spacial score (nSPS) is 21.4. The van der Waals surface area contributed by atoms with Crippen LogP contribution in [0.3, 0.4) is 0 Å². The number of aryl methyl sites for hydroxylation is 1. The second kappa shape index (κ2) is 4.97. The van der Waals surface area contributed by atoms with Crippen molar-refractivity contribution in [3.63, 3.8) is 0 Å². The van der Waals surface area contributed by atoms with E-state index >= 15 is 0 Å². The zero-order chi connectivity index (χ0) is 11.5. The molecule has 3 nitrogen and oxygen atoms in total. The fraction of sp³-hybridized carbons (Fsp3) is 0.583. The van der Waals surface area contributed by atoms with Crippen LogP contribution in [0.4, 0.5) is 0 Å². The van der Waals surface area contributed by atoms with Crippen LogP contribution in [-0.4, -0.2) is 11.9 Å². The summed E-state index contributed by atoms with van der Waals surface area (Å²) in [4.78, 5) is 12.3. The maximum Gasteiger partial charge on any atom is 0.218 e. The van der Waals surface area contributed by atoms with Gasteiger partial charge in [-0.2, -0.15) is 0 Å². The van der Waals surface area contributed by atoms with Crippen molar-refractivity contribution in [2.75, 3.05) is 0 Å². The zero-order valence-electron chi connectivity index (χ0n) is 9.53. The number of nitrogens with two attached hydrogens (primary N) is 1. The Morgan fingerprint density at radius 2 is 2.56 bits per heavy atom. The van der Waals surface area contributed by atoms with Gasteiger partial charge in [-0.1, -0.05) is 0 Å². The van der Waals surface area contributed by atoms with Crippen LogP contribution in [0.15, 0.2) is 11.4 Å². The van der Waals surface area contributed by atoms with Gasteiger partial charge in [0.2, 0.25) is 5.91 Å². The van der Waals surface area contributed by atoms with Crippen LogP contribution in [0.25, 0.3) is 0 Å². The number of rotatable bonds is 4. The molecule has 0 radical (unpaired) electrons. The summed E-state index contributed by atoms with van der Waals surface area (Å²) in [5.74, 6) is -0.235. The molecule has 0 aliphatic heterocycles. The Bertz CT molecular complexity index is 375. The molecule has 1 aromatic heterocycles. The van der Waals surface area contributed by atoms with Crippen LogP contribution in [0.1, 0.15) is 42.7 Å². The molecule has 1 aromatic rings. The quantitative estimate of drug-likeness (QED) is 0.842. The van der Waals surface area contributed by atoms with Crippen LogP contribution in [0.5, 0.6) is 0 Å². The average molecular weight is 238 g/mol. The monoisotopic (exact) mass is 238 g/mol. The lowest BCUT2D eigenvalue weighted by molar-refractivity contribution is -0.118. The summed E-state index contributed by atoms with van der Waals surface area (Å²) < 4.78 is 0. The van der Waals surface area contributed by atoms with Crippen LogP contribution in [0.2, 0.25) is 0 Å². The molecule has 1 aliphatic rings. The number of hydrogen-bond acceptors (Lipinski definition) is 3. The summed E-state index contributed by atoms with van der Waals surface area (Å²) in [6, 6.07) is 2.77. The largest absolute Gasteiger partial charge is 0.370 e. The predicted molar refractivity (Wildman–Crippen MR) is 66.4 cm³/mol. The van der Waals surface area contributed by atoms with E-state index in [1.807, 2.05) is 18.3 Å². The van der Waals surface area contributed by atoms with Crippen molar-refractivity contribution in [2.45, 2.75) is 44.7 Å². The third kappa shape index (κ3) is 2.62. The Hall–Kier alpha value is -0.870. The lowest BCUT2D eigenvalue weighted by atomic mass is 9.93. The van der Waals surface area contributed by atoms with Crippen molar-refractivity contribution in [1.29, 1.82) is 0 Å². The summed E-state index contributed by atoms with van der Waals surface area (Å²) in [7, 11) is 0. The SMILES string of the molecule is CC(CC(N)=O)NC1CCCc2sccc21. The van der Waals surface area contributed by atoms with E-state index in [1.165, 1.54) is 23.3 Å². The molecular formula is C12H18N2OS. The molecule has 0 aromatic carbocycles. The Kier molecular flexibility index (Phi) is 3.61. The first-order valence-electron chi connectivity index (χ1n) is 5.77. The lowest BCUT2D eigenvalue weighted by Crippen LogP contribution is -2.35. The first-order valence-corrected chi connectivity index (χ1v) is 6.65. The number of carbonyl (C=O) groups is 1. The molecule has 88 valence electrons.